The zero-order valence-electron chi connectivity index (χ0n) is 10.7. The minimum absolute atomic E-state index is 0.156. The summed E-state index contributed by atoms with van der Waals surface area (Å²) in [4.78, 5) is 14.2. The summed E-state index contributed by atoms with van der Waals surface area (Å²) in [5.74, 6) is 0.927. The van der Waals surface area contributed by atoms with Gasteiger partial charge in [0.1, 0.15) is 0 Å². The van der Waals surface area contributed by atoms with Crippen LogP contribution in [0.5, 0.6) is 6.01 Å². The number of nitrogens with zero attached hydrogens (tertiary/aromatic N) is 4. The topological polar surface area (TPSA) is 97.4 Å². The average Bonchev–Trinajstić information content (AvgIpc) is 2.78. The Hall–Kier alpha value is -1.63. The van der Waals surface area contributed by atoms with Gasteiger partial charge in [-0.05, 0) is 20.3 Å². The van der Waals surface area contributed by atoms with Crippen molar-refractivity contribution in [3.8, 4) is 6.01 Å². The fourth-order valence-corrected chi connectivity index (χ4v) is 2.06. The highest BCUT2D eigenvalue weighted by atomic mass is 16.5. The number of aliphatic hydroxyl groups excluding tert-OH is 1. The molecular formula is C11H19N5O2. The van der Waals surface area contributed by atoms with Gasteiger partial charge in [0.2, 0.25) is 11.9 Å². The van der Waals surface area contributed by atoms with E-state index in [0.717, 1.165) is 19.5 Å². The van der Waals surface area contributed by atoms with Gasteiger partial charge in [-0.2, -0.15) is 15.0 Å². The lowest BCUT2D eigenvalue weighted by Crippen LogP contribution is -2.26. The first-order chi connectivity index (χ1) is 8.60. The molecule has 0 saturated carbocycles. The number of ether oxygens (including phenoxy) is 1. The maximum absolute atomic E-state index is 9.58. The third-order valence-corrected chi connectivity index (χ3v) is 3.08. The Kier molecular flexibility index (Phi) is 3.81. The zero-order chi connectivity index (χ0) is 13.1. The predicted molar refractivity (Wildman–Crippen MR) is 67.4 cm³/mol. The summed E-state index contributed by atoms with van der Waals surface area (Å²) >= 11 is 0. The van der Waals surface area contributed by atoms with Crippen LogP contribution in [0.1, 0.15) is 20.3 Å². The summed E-state index contributed by atoms with van der Waals surface area (Å²) in [6.07, 6.45) is 0.605. The maximum atomic E-state index is 9.58. The highest BCUT2D eigenvalue weighted by Gasteiger charge is 2.28. The van der Waals surface area contributed by atoms with Crippen molar-refractivity contribution in [2.24, 2.45) is 5.92 Å². The zero-order valence-corrected chi connectivity index (χ0v) is 10.7. The Morgan fingerprint density at radius 3 is 2.89 bits per heavy atom. The normalized spacial score (nSPS) is 21.1. The van der Waals surface area contributed by atoms with Crippen molar-refractivity contribution in [1.29, 1.82) is 0 Å². The molecule has 1 saturated heterocycles. The third-order valence-electron chi connectivity index (χ3n) is 3.08. The Morgan fingerprint density at radius 2 is 2.28 bits per heavy atom. The van der Waals surface area contributed by atoms with Crippen LogP contribution in [-0.2, 0) is 0 Å². The van der Waals surface area contributed by atoms with E-state index in [1.807, 2.05) is 18.7 Å². The van der Waals surface area contributed by atoms with Crippen LogP contribution in [0, 0.1) is 5.92 Å². The van der Waals surface area contributed by atoms with Crippen molar-refractivity contribution >= 4 is 11.9 Å². The van der Waals surface area contributed by atoms with Gasteiger partial charge in [-0.3, -0.25) is 0 Å². The number of hydrogen-bond acceptors (Lipinski definition) is 7. The summed E-state index contributed by atoms with van der Waals surface area (Å²) < 4.78 is 5.24. The SMILES string of the molecule is CCOc1nc(N)nc(N2CCC(C(C)O)C2)n1. The molecule has 1 aliphatic heterocycles. The number of hydrogen-bond donors (Lipinski definition) is 2. The first-order valence-electron chi connectivity index (χ1n) is 6.17. The van der Waals surface area contributed by atoms with Gasteiger partial charge in [-0.15, -0.1) is 0 Å². The van der Waals surface area contributed by atoms with E-state index in [1.54, 1.807) is 0 Å². The summed E-state index contributed by atoms with van der Waals surface area (Å²) in [6.45, 7) is 5.69. The molecule has 3 N–H and O–H groups in total. The van der Waals surface area contributed by atoms with Gasteiger partial charge in [0, 0.05) is 19.0 Å². The van der Waals surface area contributed by atoms with Crippen LogP contribution < -0.4 is 15.4 Å². The molecule has 0 spiro atoms. The fraction of sp³-hybridized carbons (Fsp3) is 0.727. The molecule has 1 fully saturated rings. The predicted octanol–water partition coefficient (Wildman–Crippen LogP) is 0.0596. The minimum atomic E-state index is -0.319. The van der Waals surface area contributed by atoms with Crippen LogP contribution in [-0.4, -0.2) is 45.9 Å². The van der Waals surface area contributed by atoms with Crippen LogP contribution in [0.15, 0.2) is 0 Å². The molecule has 2 heterocycles. The van der Waals surface area contributed by atoms with Crippen molar-refractivity contribution in [3.05, 3.63) is 0 Å². The molecule has 2 rings (SSSR count). The maximum Gasteiger partial charge on any atom is 0.323 e. The van der Waals surface area contributed by atoms with Crippen molar-refractivity contribution in [3.63, 3.8) is 0 Å². The molecule has 7 heteroatoms. The molecule has 0 amide bonds. The Morgan fingerprint density at radius 1 is 1.50 bits per heavy atom. The third kappa shape index (κ3) is 2.79. The lowest BCUT2D eigenvalue weighted by Gasteiger charge is -2.17. The van der Waals surface area contributed by atoms with E-state index in [0.29, 0.717) is 12.6 Å². The van der Waals surface area contributed by atoms with Crippen LogP contribution in [0.2, 0.25) is 0 Å². The molecule has 18 heavy (non-hydrogen) atoms. The van der Waals surface area contributed by atoms with E-state index >= 15 is 0 Å². The average molecular weight is 253 g/mol. The highest BCUT2D eigenvalue weighted by Crippen LogP contribution is 2.24. The van der Waals surface area contributed by atoms with E-state index in [4.69, 9.17) is 10.5 Å². The highest BCUT2D eigenvalue weighted by molar-refractivity contribution is 5.37. The molecule has 2 atom stereocenters. The smallest absolute Gasteiger partial charge is 0.323 e. The van der Waals surface area contributed by atoms with Gasteiger partial charge in [0.05, 0.1) is 12.7 Å². The summed E-state index contributed by atoms with van der Waals surface area (Å²) in [6, 6.07) is 0.250. The van der Waals surface area contributed by atoms with Gasteiger partial charge in [-0.25, -0.2) is 0 Å². The second-order valence-electron chi connectivity index (χ2n) is 4.44. The Labute approximate surface area is 106 Å². The van der Waals surface area contributed by atoms with Gasteiger partial charge >= 0.3 is 6.01 Å². The van der Waals surface area contributed by atoms with E-state index in [-0.39, 0.29) is 24.0 Å². The number of aromatic nitrogens is 3. The standard InChI is InChI=1S/C11H19N5O2/c1-3-18-11-14-9(12)13-10(15-11)16-5-4-8(6-16)7(2)17/h7-8,17H,3-6H2,1-2H3,(H2,12,13,14,15). The van der Waals surface area contributed by atoms with Gasteiger partial charge in [0.15, 0.2) is 0 Å². The Bertz CT molecular complexity index is 412. The van der Waals surface area contributed by atoms with E-state index in [2.05, 4.69) is 15.0 Å². The molecule has 100 valence electrons. The first kappa shape index (κ1) is 12.8. The summed E-state index contributed by atoms with van der Waals surface area (Å²) in [7, 11) is 0. The van der Waals surface area contributed by atoms with E-state index in [1.165, 1.54) is 0 Å². The van der Waals surface area contributed by atoms with Crippen molar-refractivity contribution < 1.29 is 9.84 Å². The second-order valence-corrected chi connectivity index (χ2v) is 4.44. The van der Waals surface area contributed by atoms with Crippen LogP contribution in [0.4, 0.5) is 11.9 Å². The van der Waals surface area contributed by atoms with Gasteiger partial charge in [-0.1, -0.05) is 0 Å². The van der Waals surface area contributed by atoms with Crippen LogP contribution in [0.3, 0.4) is 0 Å². The van der Waals surface area contributed by atoms with E-state index in [9.17, 15) is 5.11 Å². The number of rotatable bonds is 4. The molecule has 0 aliphatic carbocycles. The van der Waals surface area contributed by atoms with Crippen LogP contribution >= 0.6 is 0 Å². The summed E-state index contributed by atoms with van der Waals surface area (Å²) in [5, 5.41) is 9.58. The molecule has 0 bridgehead atoms. The number of nitrogens with two attached hydrogens (primary N) is 1. The first-order valence-corrected chi connectivity index (χ1v) is 6.17. The van der Waals surface area contributed by atoms with Crippen molar-refractivity contribution in [2.45, 2.75) is 26.4 Å². The Balaban J connectivity index is 2.13. The second kappa shape index (κ2) is 5.34. The molecular weight excluding hydrogens is 234 g/mol. The van der Waals surface area contributed by atoms with Crippen LogP contribution in [0.25, 0.3) is 0 Å². The van der Waals surface area contributed by atoms with Crippen molar-refractivity contribution in [2.75, 3.05) is 30.3 Å². The molecule has 1 aromatic heterocycles. The molecule has 1 aliphatic rings. The molecule has 2 unspecified atom stereocenters. The van der Waals surface area contributed by atoms with Gasteiger partial charge < -0.3 is 20.5 Å². The minimum Gasteiger partial charge on any atom is -0.464 e. The molecule has 0 aromatic carbocycles. The number of anilines is 2. The fourth-order valence-electron chi connectivity index (χ4n) is 2.06. The monoisotopic (exact) mass is 253 g/mol. The lowest BCUT2D eigenvalue weighted by molar-refractivity contribution is 0.136. The molecule has 0 radical (unpaired) electrons. The molecule has 1 aromatic rings. The lowest BCUT2D eigenvalue weighted by atomic mass is 10.0. The largest absolute Gasteiger partial charge is 0.464 e. The van der Waals surface area contributed by atoms with Gasteiger partial charge in [0.25, 0.3) is 0 Å². The summed E-state index contributed by atoms with van der Waals surface area (Å²) in [5.41, 5.74) is 5.63. The van der Waals surface area contributed by atoms with Crippen molar-refractivity contribution in [1.82, 2.24) is 15.0 Å². The number of aliphatic hydroxyl groups is 1. The quantitative estimate of drug-likeness (QED) is 0.783. The van der Waals surface area contributed by atoms with E-state index < -0.39 is 0 Å². The molecule has 7 nitrogen and oxygen atoms in total. The number of nitrogen functional groups attached to an aromatic ring is 1.